The molecule has 2 amide bonds. The van der Waals surface area contributed by atoms with Crippen LogP contribution in [0.25, 0.3) is 0 Å². The summed E-state index contributed by atoms with van der Waals surface area (Å²) in [5.41, 5.74) is 2.73. The van der Waals surface area contributed by atoms with E-state index in [0.29, 0.717) is 25.1 Å². The fourth-order valence-corrected chi connectivity index (χ4v) is 3.21. The molecular weight excluding hydrogens is 340 g/mol. The predicted molar refractivity (Wildman–Crippen MR) is 103 cm³/mol. The van der Waals surface area contributed by atoms with Crippen molar-refractivity contribution in [2.75, 3.05) is 26.7 Å². The lowest BCUT2D eigenvalue weighted by Gasteiger charge is -2.29. The molecule has 1 aliphatic heterocycles. The second kappa shape index (κ2) is 9.19. The lowest BCUT2D eigenvalue weighted by atomic mass is 10.1. The Bertz CT molecular complexity index is 784. The molecule has 3 rings (SSSR count). The summed E-state index contributed by atoms with van der Waals surface area (Å²) in [4.78, 5) is 18.7. The molecule has 1 saturated heterocycles. The predicted octanol–water partition coefficient (Wildman–Crippen LogP) is 1.74. The number of nitrogens with one attached hydrogen (secondary N) is 2. The molecule has 27 heavy (non-hydrogen) atoms. The maximum Gasteiger partial charge on any atom is 0.315 e. The van der Waals surface area contributed by atoms with Crippen LogP contribution in [0.5, 0.6) is 0 Å². The number of hydrogen-bond acceptors (Lipinski definition) is 4. The highest BCUT2D eigenvalue weighted by Crippen LogP contribution is 2.08. The van der Waals surface area contributed by atoms with Gasteiger partial charge in [0.1, 0.15) is 0 Å². The Balaban J connectivity index is 1.39. The average Bonchev–Trinajstić information content (AvgIpc) is 3.11. The quantitative estimate of drug-likeness (QED) is 0.815. The molecule has 0 aliphatic carbocycles. The van der Waals surface area contributed by atoms with Crippen LogP contribution in [0, 0.1) is 11.3 Å². The summed E-state index contributed by atoms with van der Waals surface area (Å²) in [6.07, 6.45) is 6.50. The van der Waals surface area contributed by atoms with Gasteiger partial charge in [-0.2, -0.15) is 5.26 Å². The second-order valence-electron chi connectivity index (χ2n) is 7.07. The van der Waals surface area contributed by atoms with Crippen molar-refractivity contribution in [2.45, 2.75) is 31.8 Å². The highest BCUT2D eigenvalue weighted by Gasteiger charge is 2.18. The highest BCUT2D eigenvalue weighted by molar-refractivity contribution is 5.74. The molecule has 142 valence electrons. The maximum atomic E-state index is 12.0. The Kier molecular flexibility index (Phi) is 6.44. The SMILES string of the molecule is CN1CCC(NC(=O)NCCc2cn(Cc3ccc(C#N)cc3)cn2)CC1. The van der Waals surface area contributed by atoms with Crippen LogP contribution in [-0.2, 0) is 13.0 Å². The van der Waals surface area contributed by atoms with Gasteiger partial charge in [0.05, 0.1) is 23.7 Å². The van der Waals surface area contributed by atoms with Crippen molar-refractivity contribution in [1.82, 2.24) is 25.1 Å². The van der Waals surface area contributed by atoms with E-state index in [1.165, 1.54) is 0 Å². The standard InChI is InChI=1S/C20H26N6O/c1-25-10-7-18(8-11-25)24-20(27)22-9-6-19-14-26(15-23-19)13-17-4-2-16(12-21)3-5-17/h2-5,14-15,18H,6-11,13H2,1H3,(H2,22,24,27). The monoisotopic (exact) mass is 366 g/mol. The molecule has 0 unspecified atom stereocenters. The number of aromatic nitrogens is 2. The van der Waals surface area contributed by atoms with Crippen LogP contribution in [0.2, 0.25) is 0 Å². The average molecular weight is 366 g/mol. The Morgan fingerprint density at radius 3 is 2.74 bits per heavy atom. The number of nitriles is 1. The first-order valence-electron chi connectivity index (χ1n) is 9.35. The third kappa shape index (κ3) is 5.83. The zero-order chi connectivity index (χ0) is 19.1. The summed E-state index contributed by atoms with van der Waals surface area (Å²) in [6, 6.07) is 9.84. The van der Waals surface area contributed by atoms with E-state index in [9.17, 15) is 4.79 Å². The normalized spacial score (nSPS) is 15.3. The molecule has 2 aromatic rings. The van der Waals surface area contributed by atoms with Crippen molar-refractivity contribution in [3.05, 3.63) is 53.6 Å². The van der Waals surface area contributed by atoms with E-state index >= 15 is 0 Å². The van der Waals surface area contributed by atoms with Gasteiger partial charge in [0.2, 0.25) is 0 Å². The number of amides is 2. The van der Waals surface area contributed by atoms with E-state index in [1.807, 2.05) is 35.0 Å². The molecule has 0 radical (unpaired) electrons. The van der Waals surface area contributed by atoms with Crippen molar-refractivity contribution in [2.24, 2.45) is 0 Å². The minimum atomic E-state index is -0.0958. The van der Waals surface area contributed by atoms with Crippen LogP contribution < -0.4 is 10.6 Å². The molecule has 1 fully saturated rings. The molecule has 1 aromatic heterocycles. The van der Waals surface area contributed by atoms with Gasteiger partial charge in [-0.3, -0.25) is 0 Å². The molecule has 7 heteroatoms. The zero-order valence-corrected chi connectivity index (χ0v) is 15.7. The smallest absolute Gasteiger partial charge is 0.315 e. The van der Waals surface area contributed by atoms with E-state index in [-0.39, 0.29) is 12.1 Å². The van der Waals surface area contributed by atoms with Crippen LogP contribution in [-0.4, -0.2) is 53.2 Å². The minimum absolute atomic E-state index is 0.0958. The van der Waals surface area contributed by atoms with Crippen molar-refractivity contribution >= 4 is 6.03 Å². The first-order valence-corrected chi connectivity index (χ1v) is 9.35. The molecule has 1 aliphatic rings. The van der Waals surface area contributed by atoms with Crippen molar-refractivity contribution < 1.29 is 4.79 Å². The zero-order valence-electron chi connectivity index (χ0n) is 15.7. The first kappa shape index (κ1) is 18.9. The van der Waals surface area contributed by atoms with Gasteiger partial charge in [-0.1, -0.05) is 12.1 Å². The molecular formula is C20H26N6O. The van der Waals surface area contributed by atoms with E-state index in [2.05, 4.69) is 33.6 Å². The van der Waals surface area contributed by atoms with E-state index in [4.69, 9.17) is 5.26 Å². The van der Waals surface area contributed by atoms with Crippen LogP contribution >= 0.6 is 0 Å². The Morgan fingerprint density at radius 2 is 2.04 bits per heavy atom. The number of imidazole rings is 1. The summed E-state index contributed by atoms with van der Waals surface area (Å²) in [6.45, 7) is 3.33. The molecule has 1 aromatic carbocycles. The number of urea groups is 1. The number of benzene rings is 1. The number of carbonyl (C=O) groups excluding carboxylic acids is 1. The molecule has 0 saturated carbocycles. The van der Waals surface area contributed by atoms with Gasteiger partial charge in [-0.25, -0.2) is 9.78 Å². The summed E-state index contributed by atoms with van der Waals surface area (Å²) < 4.78 is 2.01. The van der Waals surface area contributed by atoms with Gasteiger partial charge in [0.25, 0.3) is 0 Å². The van der Waals surface area contributed by atoms with Gasteiger partial charge in [-0.05, 0) is 50.7 Å². The number of hydrogen-bond donors (Lipinski definition) is 2. The first-order chi connectivity index (χ1) is 13.1. The van der Waals surface area contributed by atoms with E-state index < -0.39 is 0 Å². The van der Waals surface area contributed by atoms with E-state index in [0.717, 1.165) is 37.2 Å². The summed E-state index contributed by atoms with van der Waals surface area (Å²) in [5.74, 6) is 0. The number of rotatable bonds is 6. The molecule has 0 atom stereocenters. The Hall–Kier alpha value is -2.85. The molecule has 7 nitrogen and oxygen atoms in total. The largest absolute Gasteiger partial charge is 0.338 e. The molecule has 0 spiro atoms. The fraction of sp³-hybridized carbons (Fsp3) is 0.450. The lowest BCUT2D eigenvalue weighted by Crippen LogP contribution is -2.47. The van der Waals surface area contributed by atoms with Crippen molar-refractivity contribution in [1.29, 1.82) is 5.26 Å². The molecule has 2 heterocycles. The van der Waals surface area contributed by atoms with Crippen molar-refractivity contribution in [3.63, 3.8) is 0 Å². The lowest BCUT2D eigenvalue weighted by molar-refractivity contribution is 0.214. The van der Waals surface area contributed by atoms with Gasteiger partial charge < -0.3 is 20.1 Å². The third-order valence-corrected chi connectivity index (χ3v) is 4.86. The maximum absolute atomic E-state index is 12.0. The summed E-state index contributed by atoms with van der Waals surface area (Å²) >= 11 is 0. The number of piperidine rings is 1. The molecule has 2 N–H and O–H groups in total. The van der Waals surface area contributed by atoms with Gasteiger partial charge in [0, 0.05) is 31.7 Å². The minimum Gasteiger partial charge on any atom is -0.338 e. The van der Waals surface area contributed by atoms with Gasteiger partial charge >= 0.3 is 6.03 Å². The topological polar surface area (TPSA) is 86.0 Å². The fourth-order valence-electron chi connectivity index (χ4n) is 3.21. The summed E-state index contributed by atoms with van der Waals surface area (Å²) in [7, 11) is 2.11. The Labute approximate surface area is 160 Å². The van der Waals surface area contributed by atoms with Crippen LogP contribution in [0.1, 0.15) is 29.7 Å². The summed E-state index contributed by atoms with van der Waals surface area (Å²) in [5, 5.41) is 14.8. The van der Waals surface area contributed by atoms with Crippen molar-refractivity contribution in [3.8, 4) is 6.07 Å². The molecule has 0 bridgehead atoms. The number of carbonyl (C=O) groups is 1. The van der Waals surface area contributed by atoms with Crippen LogP contribution in [0.4, 0.5) is 4.79 Å². The Morgan fingerprint density at radius 1 is 1.30 bits per heavy atom. The third-order valence-electron chi connectivity index (χ3n) is 4.86. The van der Waals surface area contributed by atoms with Crippen LogP contribution in [0.3, 0.4) is 0 Å². The second-order valence-corrected chi connectivity index (χ2v) is 7.07. The van der Waals surface area contributed by atoms with Gasteiger partial charge in [-0.15, -0.1) is 0 Å². The number of likely N-dealkylation sites (tertiary alicyclic amines) is 1. The van der Waals surface area contributed by atoms with Gasteiger partial charge in [0.15, 0.2) is 0 Å². The van der Waals surface area contributed by atoms with Crippen LogP contribution in [0.15, 0.2) is 36.8 Å². The van der Waals surface area contributed by atoms with E-state index in [1.54, 1.807) is 6.33 Å². The number of nitrogens with zero attached hydrogens (tertiary/aromatic N) is 4. The highest BCUT2D eigenvalue weighted by atomic mass is 16.2.